The van der Waals surface area contributed by atoms with Crippen LogP contribution >= 0.6 is 0 Å². The number of hydrogen-bond acceptors (Lipinski definition) is 2. The lowest BCUT2D eigenvalue weighted by atomic mass is 9.91. The van der Waals surface area contributed by atoms with Crippen LogP contribution in [0.3, 0.4) is 0 Å². The topological polar surface area (TPSA) is 29.5 Å². The molecule has 0 aromatic heterocycles. The first kappa shape index (κ1) is 14.0. The predicted octanol–water partition coefficient (Wildman–Crippen LogP) is 3.17. The average Bonchev–Trinajstić information content (AvgIpc) is 2.33. The maximum absolute atomic E-state index is 13.9. The highest BCUT2D eigenvalue weighted by atomic mass is 19.1. The van der Waals surface area contributed by atoms with Gasteiger partial charge in [0, 0.05) is 6.42 Å². The zero-order valence-electron chi connectivity index (χ0n) is 10.7. The third kappa shape index (κ3) is 3.43. The summed E-state index contributed by atoms with van der Waals surface area (Å²) >= 11 is 0. The number of aliphatic hydroxyl groups excluding tert-OH is 1. The third-order valence-corrected chi connectivity index (χ3v) is 3.29. The molecule has 0 aliphatic heterocycles. The Morgan fingerprint density at radius 2 is 1.94 bits per heavy atom. The van der Waals surface area contributed by atoms with E-state index in [2.05, 4.69) is 0 Å². The van der Waals surface area contributed by atoms with E-state index in [4.69, 9.17) is 4.74 Å². The van der Waals surface area contributed by atoms with E-state index in [9.17, 15) is 9.50 Å². The second-order valence-electron chi connectivity index (χ2n) is 4.28. The Balaban J connectivity index is 2.81. The third-order valence-electron chi connectivity index (χ3n) is 3.29. The molecule has 0 aliphatic rings. The Morgan fingerprint density at radius 3 is 2.47 bits per heavy atom. The van der Waals surface area contributed by atoms with Gasteiger partial charge in [0.1, 0.15) is 0 Å². The Kier molecular flexibility index (Phi) is 5.42. The molecule has 0 fully saturated rings. The molecule has 1 unspecified atom stereocenters. The Bertz CT molecular complexity index is 348. The molecular weight excluding hydrogens is 219 g/mol. The highest BCUT2D eigenvalue weighted by molar-refractivity contribution is 5.31. The first-order chi connectivity index (χ1) is 8.13. The molecule has 0 spiro atoms. The van der Waals surface area contributed by atoms with Gasteiger partial charge in [-0.2, -0.15) is 0 Å². The van der Waals surface area contributed by atoms with E-state index >= 15 is 0 Å². The van der Waals surface area contributed by atoms with Gasteiger partial charge in [0.15, 0.2) is 11.6 Å². The van der Waals surface area contributed by atoms with Gasteiger partial charge in [0.25, 0.3) is 0 Å². The maximum Gasteiger partial charge on any atom is 0.168 e. The smallest absolute Gasteiger partial charge is 0.168 e. The fraction of sp³-hybridized carbons (Fsp3) is 0.571. The molecule has 1 aromatic rings. The van der Waals surface area contributed by atoms with Crippen molar-refractivity contribution in [3.63, 3.8) is 0 Å². The van der Waals surface area contributed by atoms with Crippen molar-refractivity contribution in [2.45, 2.75) is 39.2 Å². The molecule has 0 amide bonds. The van der Waals surface area contributed by atoms with Crippen LogP contribution in [-0.2, 0) is 6.42 Å². The van der Waals surface area contributed by atoms with Gasteiger partial charge in [-0.25, -0.2) is 4.39 Å². The first-order valence-corrected chi connectivity index (χ1v) is 6.13. The lowest BCUT2D eigenvalue weighted by molar-refractivity contribution is 0.102. The molecule has 96 valence electrons. The minimum Gasteiger partial charge on any atom is -0.494 e. The van der Waals surface area contributed by atoms with Crippen molar-refractivity contribution < 1.29 is 14.2 Å². The standard InChI is InChI=1S/C14H21FO2/c1-4-10(5-2)12(16)9-11-7-6-8-13(17-3)14(11)15/h6-8,10,12,16H,4-5,9H2,1-3H3. The molecule has 0 bridgehead atoms. The van der Waals surface area contributed by atoms with Crippen molar-refractivity contribution in [1.82, 2.24) is 0 Å². The molecule has 1 rings (SSSR count). The Hall–Kier alpha value is -1.09. The van der Waals surface area contributed by atoms with E-state index in [1.807, 2.05) is 13.8 Å². The highest BCUT2D eigenvalue weighted by Crippen LogP contribution is 2.23. The summed E-state index contributed by atoms with van der Waals surface area (Å²) in [4.78, 5) is 0. The first-order valence-electron chi connectivity index (χ1n) is 6.13. The summed E-state index contributed by atoms with van der Waals surface area (Å²) in [6, 6.07) is 5.03. The fourth-order valence-corrected chi connectivity index (χ4v) is 2.10. The van der Waals surface area contributed by atoms with E-state index < -0.39 is 6.10 Å². The molecule has 3 heteroatoms. The monoisotopic (exact) mass is 240 g/mol. The normalized spacial score (nSPS) is 12.8. The summed E-state index contributed by atoms with van der Waals surface area (Å²) in [5, 5.41) is 10.0. The van der Waals surface area contributed by atoms with Gasteiger partial charge in [0.05, 0.1) is 13.2 Å². The molecule has 0 aliphatic carbocycles. The number of ether oxygens (including phenoxy) is 1. The lowest BCUT2D eigenvalue weighted by Gasteiger charge is -2.20. The zero-order chi connectivity index (χ0) is 12.8. The van der Waals surface area contributed by atoms with E-state index in [0.717, 1.165) is 12.8 Å². The average molecular weight is 240 g/mol. The molecule has 1 N–H and O–H groups in total. The van der Waals surface area contributed by atoms with Crippen molar-refractivity contribution in [1.29, 1.82) is 0 Å². The summed E-state index contributed by atoms with van der Waals surface area (Å²) in [5.41, 5.74) is 0.517. The Labute approximate surface area is 102 Å². The molecule has 0 saturated heterocycles. The zero-order valence-corrected chi connectivity index (χ0v) is 10.7. The van der Waals surface area contributed by atoms with Gasteiger partial charge in [-0.3, -0.25) is 0 Å². The van der Waals surface area contributed by atoms with Crippen LogP contribution in [-0.4, -0.2) is 18.3 Å². The van der Waals surface area contributed by atoms with Crippen LogP contribution in [0.5, 0.6) is 5.75 Å². The van der Waals surface area contributed by atoms with Crippen LogP contribution in [0.2, 0.25) is 0 Å². The van der Waals surface area contributed by atoms with E-state index in [-0.39, 0.29) is 17.5 Å². The predicted molar refractivity (Wildman–Crippen MR) is 66.7 cm³/mol. The van der Waals surface area contributed by atoms with Gasteiger partial charge < -0.3 is 9.84 Å². The van der Waals surface area contributed by atoms with Crippen molar-refractivity contribution in [3.05, 3.63) is 29.6 Å². The summed E-state index contributed by atoms with van der Waals surface area (Å²) in [6.45, 7) is 4.08. The number of aliphatic hydroxyl groups is 1. The van der Waals surface area contributed by atoms with Gasteiger partial charge in [-0.1, -0.05) is 38.8 Å². The quantitative estimate of drug-likeness (QED) is 0.827. The molecular formula is C14H21FO2. The molecule has 0 radical (unpaired) electrons. The lowest BCUT2D eigenvalue weighted by Crippen LogP contribution is -2.22. The SMILES string of the molecule is CCC(CC)C(O)Cc1cccc(OC)c1F. The Morgan fingerprint density at radius 1 is 1.29 bits per heavy atom. The van der Waals surface area contributed by atoms with Crippen LogP contribution in [0.4, 0.5) is 4.39 Å². The summed E-state index contributed by atoms with van der Waals surface area (Å²) in [6.07, 6.45) is 1.66. The van der Waals surface area contributed by atoms with Crippen LogP contribution in [0.25, 0.3) is 0 Å². The van der Waals surface area contributed by atoms with Gasteiger partial charge in [0.2, 0.25) is 0 Å². The largest absolute Gasteiger partial charge is 0.494 e. The summed E-state index contributed by atoms with van der Waals surface area (Å²) in [5.74, 6) is 0.0971. The van der Waals surface area contributed by atoms with Crippen LogP contribution in [0.1, 0.15) is 32.3 Å². The van der Waals surface area contributed by atoms with Crippen LogP contribution < -0.4 is 4.74 Å². The molecule has 2 nitrogen and oxygen atoms in total. The van der Waals surface area contributed by atoms with Crippen molar-refractivity contribution in [2.75, 3.05) is 7.11 Å². The van der Waals surface area contributed by atoms with Crippen molar-refractivity contribution in [2.24, 2.45) is 5.92 Å². The van der Waals surface area contributed by atoms with Crippen LogP contribution in [0, 0.1) is 11.7 Å². The van der Waals surface area contributed by atoms with Gasteiger partial charge in [-0.05, 0) is 17.5 Å². The minimum absolute atomic E-state index is 0.223. The second kappa shape index (κ2) is 6.60. The number of rotatable bonds is 6. The number of methoxy groups -OCH3 is 1. The van der Waals surface area contributed by atoms with Crippen molar-refractivity contribution in [3.8, 4) is 5.75 Å². The van der Waals surface area contributed by atoms with Gasteiger partial charge >= 0.3 is 0 Å². The number of hydrogen-bond donors (Lipinski definition) is 1. The second-order valence-corrected chi connectivity index (χ2v) is 4.28. The van der Waals surface area contributed by atoms with E-state index in [1.54, 1.807) is 18.2 Å². The summed E-state index contributed by atoms with van der Waals surface area (Å²) < 4.78 is 18.8. The molecule has 1 atom stereocenters. The minimum atomic E-state index is -0.494. The number of halogens is 1. The summed E-state index contributed by atoms with van der Waals surface area (Å²) in [7, 11) is 1.44. The van der Waals surface area contributed by atoms with Crippen LogP contribution in [0.15, 0.2) is 18.2 Å². The molecule has 0 heterocycles. The number of benzene rings is 1. The van der Waals surface area contributed by atoms with E-state index in [0.29, 0.717) is 12.0 Å². The van der Waals surface area contributed by atoms with Gasteiger partial charge in [-0.15, -0.1) is 0 Å². The maximum atomic E-state index is 13.9. The molecule has 0 saturated carbocycles. The van der Waals surface area contributed by atoms with E-state index in [1.165, 1.54) is 7.11 Å². The molecule has 17 heavy (non-hydrogen) atoms. The fourth-order valence-electron chi connectivity index (χ4n) is 2.10. The highest BCUT2D eigenvalue weighted by Gasteiger charge is 2.18. The van der Waals surface area contributed by atoms with Crippen molar-refractivity contribution >= 4 is 0 Å². The molecule has 1 aromatic carbocycles.